The predicted octanol–water partition coefficient (Wildman–Crippen LogP) is 15.6. The van der Waals surface area contributed by atoms with Crippen molar-refractivity contribution in [3.05, 3.63) is 231 Å². The molecule has 2 nitrogen and oxygen atoms in total. The largest absolute Gasteiger partial charge is 0.309 e. The van der Waals surface area contributed by atoms with Crippen molar-refractivity contribution in [3.63, 3.8) is 0 Å². The maximum Gasteiger partial charge on any atom is 0.0541 e. The first-order valence-electron chi connectivity index (χ1n) is 19.9. The molecule has 2 heteroatoms. The molecule has 272 valence electrons. The number of benzene rings is 10. The molecule has 11 rings (SSSR count). The monoisotopic (exact) mass is 738 g/mol. The van der Waals surface area contributed by atoms with Crippen molar-refractivity contribution < 1.29 is 0 Å². The van der Waals surface area contributed by atoms with Crippen LogP contribution < -0.4 is 4.90 Å². The van der Waals surface area contributed by atoms with Gasteiger partial charge in [0.1, 0.15) is 0 Å². The summed E-state index contributed by atoms with van der Waals surface area (Å²) in [6.07, 6.45) is 0. The average molecular weight is 739 g/mol. The van der Waals surface area contributed by atoms with Gasteiger partial charge in [0.15, 0.2) is 0 Å². The number of hydrogen-bond donors (Lipinski definition) is 0. The molecular formula is C56H38N2. The number of hydrogen-bond acceptors (Lipinski definition) is 1. The van der Waals surface area contributed by atoms with Crippen molar-refractivity contribution in [2.45, 2.75) is 0 Å². The van der Waals surface area contributed by atoms with E-state index in [1.54, 1.807) is 0 Å². The number of para-hydroxylation sites is 4. The van der Waals surface area contributed by atoms with Crippen LogP contribution in [0.15, 0.2) is 231 Å². The molecule has 58 heavy (non-hydrogen) atoms. The van der Waals surface area contributed by atoms with E-state index in [9.17, 15) is 0 Å². The van der Waals surface area contributed by atoms with E-state index in [4.69, 9.17) is 0 Å². The van der Waals surface area contributed by atoms with E-state index in [1.165, 1.54) is 65.6 Å². The van der Waals surface area contributed by atoms with Gasteiger partial charge < -0.3 is 9.47 Å². The Balaban J connectivity index is 1.15. The lowest BCUT2D eigenvalue weighted by Gasteiger charge is -2.31. The van der Waals surface area contributed by atoms with Gasteiger partial charge in [0.25, 0.3) is 0 Å². The van der Waals surface area contributed by atoms with Gasteiger partial charge >= 0.3 is 0 Å². The molecule has 0 unspecified atom stereocenters. The fourth-order valence-corrected chi connectivity index (χ4v) is 8.93. The highest BCUT2D eigenvalue weighted by atomic mass is 15.1. The summed E-state index contributed by atoms with van der Waals surface area (Å²) in [5.74, 6) is 0. The molecule has 0 saturated heterocycles. The Bertz CT molecular complexity index is 3250. The van der Waals surface area contributed by atoms with E-state index in [-0.39, 0.29) is 0 Å². The van der Waals surface area contributed by atoms with Gasteiger partial charge in [0.05, 0.1) is 28.1 Å². The van der Waals surface area contributed by atoms with E-state index in [0.29, 0.717) is 0 Å². The summed E-state index contributed by atoms with van der Waals surface area (Å²) in [6, 6.07) is 83.8. The molecule has 1 heterocycles. The minimum Gasteiger partial charge on any atom is -0.309 e. The van der Waals surface area contributed by atoms with Crippen LogP contribution in [0.2, 0.25) is 0 Å². The second kappa shape index (κ2) is 14.1. The first-order valence-corrected chi connectivity index (χ1v) is 19.9. The number of fused-ring (bicyclic) bond motifs is 5. The Kier molecular flexibility index (Phi) is 8.19. The molecule has 0 radical (unpaired) electrons. The lowest BCUT2D eigenvalue weighted by molar-refractivity contribution is 1.18. The molecule has 0 fully saturated rings. The zero-order valence-electron chi connectivity index (χ0n) is 31.8. The first-order chi connectivity index (χ1) is 28.8. The lowest BCUT2D eigenvalue weighted by Crippen LogP contribution is -2.13. The van der Waals surface area contributed by atoms with Crippen molar-refractivity contribution in [1.82, 2.24) is 4.57 Å². The molecule has 11 aromatic rings. The maximum atomic E-state index is 2.48. The molecule has 0 saturated carbocycles. The Morgan fingerprint density at radius 2 is 0.810 bits per heavy atom. The van der Waals surface area contributed by atoms with Crippen molar-refractivity contribution >= 4 is 60.4 Å². The van der Waals surface area contributed by atoms with E-state index in [1.807, 2.05) is 0 Å². The highest BCUT2D eigenvalue weighted by molar-refractivity contribution is 6.10. The highest BCUT2D eigenvalue weighted by Gasteiger charge is 2.23. The van der Waals surface area contributed by atoms with E-state index in [2.05, 4.69) is 240 Å². The number of rotatable bonds is 7. The molecule has 1 aromatic heterocycles. The average Bonchev–Trinajstić information content (AvgIpc) is 3.64. The molecule has 0 N–H and O–H groups in total. The van der Waals surface area contributed by atoms with Gasteiger partial charge in [0, 0.05) is 33.0 Å². The molecule has 0 aliphatic carbocycles. The van der Waals surface area contributed by atoms with Crippen LogP contribution in [0.3, 0.4) is 0 Å². The predicted molar refractivity (Wildman–Crippen MR) is 247 cm³/mol. The van der Waals surface area contributed by atoms with Crippen LogP contribution in [0, 0.1) is 0 Å². The van der Waals surface area contributed by atoms with Crippen molar-refractivity contribution in [1.29, 1.82) is 0 Å². The van der Waals surface area contributed by atoms with Gasteiger partial charge in [-0.25, -0.2) is 0 Å². The quantitative estimate of drug-likeness (QED) is 0.158. The smallest absolute Gasteiger partial charge is 0.0541 e. The van der Waals surface area contributed by atoms with Crippen LogP contribution >= 0.6 is 0 Å². The van der Waals surface area contributed by atoms with Crippen LogP contribution in [0.25, 0.3) is 82.4 Å². The number of nitrogens with zero attached hydrogens (tertiary/aromatic N) is 2. The van der Waals surface area contributed by atoms with Gasteiger partial charge in [0.2, 0.25) is 0 Å². The molecule has 0 amide bonds. The molecule has 0 bridgehead atoms. The Morgan fingerprint density at radius 3 is 1.53 bits per heavy atom. The standard InChI is InChI=1S/C56H38N2/c1-2-18-40(19-3-1)46-23-8-12-29-52(46)58(56-36-35-45(48-25-6-7-26-49(48)56)43-34-33-39-17-4-5-20-41(39)37-43)53-30-13-9-24-47(53)42-21-16-22-44(38-42)57-54-31-14-10-27-50(54)51-28-11-15-32-55(51)57/h1-38H. The molecule has 10 aromatic carbocycles. The van der Waals surface area contributed by atoms with E-state index in [0.717, 1.165) is 33.9 Å². The second-order valence-corrected chi connectivity index (χ2v) is 14.9. The first kappa shape index (κ1) is 33.6. The van der Waals surface area contributed by atoms with Gasteiger partial charge in [-0.2, -0.15) is 0 Å². The van der Waals surface area contributed by atoms with Gasteiger partial charge in [-0.3, -0.25) is 0 Å². The molecule has 0 aliphatic rings. The summed E-state index contributed by atoms with van der Waals surface area (Å²) in [5.41, 5.74) is 13.9. The third-order valence-electron chi connectivity index (χ3n) is 11.6. The fourth-order valence-electron chi connectivity index (χ4n) is 8.93. The summed E-state index contributed by atoms with van der Waals surface area (Å²) >= 11 is 0. The normalized spacial score (nSPS) is 11.4. The molecular weight excluding hydrogens is 701 g/mol. The van der Waals surface area contributed by atoms with Crippen LogP contribution in [-0.4, -0.2) is 4.57 Å². The summed E-state index contributed by atoms with van der Waals surface area (Å²) in [7, 11) is 0. The second-order valence-electron chi connectivity index (χ2n) is 14.9. The number of aromatic nitrogens is 1. The van der Waals surface area contributed by atoms with Crippen LogP contribution in [0.1, 0.15) is 0 Å². The zero-order valence-corrected chi connectivity index (χ0v) is 31.8. The molecule has 0 aliphatic heterocycles. The van der Waals surface area contributed by atoms with Crippen LogP contribution in [0.4, 0.5) is 17.1 Å². The minimum absolute atomic E-state index is 1.11. The zero-order chi connectivity index (χ0) is 38.4. The van der Waals surface area contributed by atoms with E-state index >= 15 is 0 Å². The Hall–Kier alpha value is -7.68. The Labute approximate surface area is 338 Å². The summed E-state index contributed by atoms with van der Waals surface area (Å²) < 4.78 is 2.40. The topological polar surface area (TPSA) is 8.17 Å². The Morgan fingerprint density at radius 1 is 0.276 bits per heavy atom. The minimum atomic E-state index is 1.11. The summed E-state index contributed by atoms with van der Waals surface area (Å²) in [6.45, 7) is 0. The SMILES string of the molecule is c1ccc(-c2ccccc2N(c2ccccc2-c2cccc(-n3c4ccccc4c4ccccc43)c2)c2ccc(-c3ccc4ccccc4c3)c3ccccc23)cc1. The fraction of sp³-hybridized carbons (Fsp3) is 0. The van der Waals surface area contributed by atoms with Crippen LogP contribution in [0.5, 0.6) is 0 Å². The van der Waals surface area contributed by atoms with E-state index < -0.39 is 0 Å². The summed E-state index contributed by atoms with van der Waals surface area (Å²) in [5, 5.41) is 7.39. The van der Waals surface area contributed by atoms with Gasteiger partial charge in [-0.1, -0.05) is 182 Å². The van der Waals surface area contributed by atoms with Crippen molar-refractivity contribution in [3.8, 4) is 39.1 Å². The summed E-state index contributed by atoms with van der Waals surface area (Å²) in [4.78, 5) is 2.48. The molecule has 0 atom stereocenters. The highest BCUT2D eigenvalue weighted by Crippen LogP contribution is 2.48. The van der Waals surface area contributed by atoms with Gasteiger partial charge in [-0.15, -0.1) is 0 Å². The van der Waals surface area contributed by atoms with Crippen LogP contribution in [-0.2, 0) is 0 Å². The van der Waals surface area contributed by atoms with Crippen molar-refractivity contribution in [2.75, 3.05) is 4.90 Å². The lowest BCUT2D eigenvalue weighted by atomic mass is 9.93. The molecule has 0 spiro atoms. The third kappa shape index (κ3) is 5.66. The third-order valence-corrected chi connectivity index (χ3v) is 11.6. The number of anilines is 3. The maximum absolute atomic E-state index is 2.48. The van der Waals surface area contributed by atoms with Gasteiger partial charge in [-0.05, 0) is 86.9 Å². The van der Waals surface area contributed by atoms with Crippen molar-refractivity contribution in [2.24, 2.45) is 0 Å².